The number of nitrogens with zero attached hydrogens (tertiary/aromatic N) is 1. The molecule has 0 aliphatic carbocycles. The van der Waals surface area contributed by atoms with E-state index in [4.69, 9.17) is 0 Å². The highest BCUT2D eigenvalue weighted by Gasteiger charge is 2.18. The molecule has 1 amide bonds. The molecule has 4 heteroatoms. The SMILES string of the molecule is CC(=O)c1cccc(NC(=O)[C@H](C)N(C)Cc2ccc(C(C)C)cc2)c1. The molecular formula is C22H28N2O2. The molecule has 1 atom stereocenters. The maximum absolute atomic E-state index is 12.5. The van der Waals surface area contributed by atoms with Crippen LogP contribution in [-0.4, -0.2) is 29.7 Å². The molecule has 0 saturated heterocycles. The van der Waals surface area contributed by atoms with Gasteiger partial charge in [0.1, 0.15) is 0 Å². The van der Waals surface area contributed by atoms with Crippen LogP contribution < -0.4 is 5.32 Å². The Labute approximate surface area is 156 Å². The average Bonchev–Trinajstić information content (AvgIpc) is 2.61. The highest BCUT2D eigenvalue weighted by atomic mass is 16.2. The Balaban J connectivity index is 1.98. The van der Waals surface area contributed by atoms with Crippen LogP contribution in [0.3, 0.4) is 0 Å². The van der Waals surface area contributed by atoms with E-state index in [-0.39, 0.29) is 17.7 Å². The van der Waals surface area contributed by atoms with Gasteiger partial charge in [-0.1, -0.05) is 50.2 Å². The molecule has 0 aliphatic heterocycles. The van der Waals surface area contributed by atoms with Crippen LogP contribution in [0.5, 0.6) is 0 Å². The predicted molar refractivity (Wildman–Crippen MR) is 107 cm³/mol. The van der Waals surface area contributed by atoms with Crippen LogP contribution in [-0.2, 0) is 11.3 Å². The summed E-state index contributed by atoms with van der Waals surface area (Å²) in [6.07, 6.45) is 0. The molecule has 4 nitrogen and oxygen atoms in total. The average molecular weight is 352 g/mol. The number of hydrogen-bond donors (Lipinski definition) is 1. The third-order valence-corrected chi connectivity index (χ3v) is 4.66. The van der Waals surface area contributed by atoms with Gasteiger partial charge in [-0.05, 0) is 50.1 Å². The van der Waals surface area contributed by atoms with Gasteiger partial charge in [-0.2, -0.15) is 0 Å². The molecule has 1 N–H and O–H groups in total. The number of rotatable bonds is 7. The van der Waals surface area contributed by atoms with E-state index in [0.717, 1.165) is 0 Å². The van der Waals surface area contributed by atoms with Gasteiger partial charge in [-0.25, -0.2) is 0 Å². The van der Waals surface area contributed by atoms with Crippen molar-refractivity contribution in [2.24, 2.45) is 0 Å². The van der Waals surface area contributed by atoms with Crippen molar-refractivity contribution >= 4 is 17.4 Å². The zero-order valence-electron chi connectivity index (χ0n) is 16.2. The van der Waals surface area contributed by atoms with E-state index >= 15 is 0 Å². The zero-order valence-corrected chi connectivity index (χ0v) is 16.2. The molecule has 0 bridgehead atoms. The first kappa shape index (κ1) is 19.9. The number of Topliss-reactive ketones (excluding diaryl/α,β-unsaturated/α-hetero) is 1. The topological polar surface area (TPSA) is 49.4 Å². The minimum Gasteiger partial charge on any atom is -0.325 e. The number of hydrogen-bond acceptors (Lipinski definition) is 3. The second-order valence-corrected chi connectivity index (χ2v) is 7.11. The van der Waals surface area contributed by atoms with Crippen molar-refractivity contribution in [3.63, 3.8) is 0 Å². The quantitative estimate of drug-likeness (QED) is 0.748. The second kappa shape index (κ2) is 8.77. The summed E-state index contributed by atoms with van der Waals surface area (Å²) in [6.45, 7) is 8.44. The van der Waals surface area contributed by atoms with Crippen LogP contribution in [0.15, 0.2) is 48.5 Å². The summed E-state index contributed by atoms with van der Waals surface area (Å²) in [5, 5.41) is 2.89. The molecule has 0 unspecified atom stereocenters. The van der Waals surface area contributed by atoms with E-state index in [9.17, 15) is 9.59 Å². The first-order valence-electron chi connectivity index (χ1n) is 8.99. The van der Waals surface area contributed by atoms with Gasteiger partial charge >= 0.3 is 0 Å². The van der Waals surface area contributed by atoms with E-state index in [0.29, 0.717) is 23.7 Å². The van der Waals surface area contributed by atoms with Crippen LogP contribution in [0.25, 0.3) is 0 Å². The Kier molecular flexibility index (Phi) is 6.70. The van der Waals surface area contributed by atoms with Crippen LogP contribution in [0.4, 0.5) is 5.69 Å². The van der Waals surface area contributed by atoms with Crippen LogP contribution in [0.2, 0.25) is 0 Å². The Morgan fingerprint density at radius 2 is 1.69 bits per heavy atom. The number of likely N-dealkylation sites (N-methyl/N-ethyl adjacent to an activating group) is 1. The molecule has 0 aliphatic rings. The van der Waals surface area contributed by atoms with Gasteiger partial charge < -0.3 is 5.32 Å². The molecule has 0 radical (unpaired) electrons. The number of anilines is 1. The van der Waals surface area contributed by atoms with Crippen LogP contribution in [0, 0.1) is 0 Å². The summed E-state index contributed by atoms with van der Waals surface area (Å²) < 4.78 is 0. The lowest BCUT2D eigenvalue weighted by atomic mass is 10.0. The second-order valence-electron chi connectivity index (χ2n) is 7.11. The van der Waals surface area contributed by atoms with E-state index in [1.807, 2.05) is 18.9 Å². The van der Waals surface area contributed by atoms with Crippen molar-refractivity contribution in [2.75, 3.05) is 12.4 Å². The van der Waals surface area contributed by atoms with Crippen molar-refractivity contribution in [3.05, 3.63) is 65.2 Å². The number of amides is 1. The number of ketones is 1. The molecule has 26 heavy (non-hydrogen) atoms. The molecule has 0 fully saturated rings. The Hall–Kier alpha value is -2.46. The Morgan fingerprint density at radius 1 is 1.04 bits per heavy atom. The van der Waals surface area contributed by atoms with Gasteiger partial charge in [0, 0.05) is 17.8 Å². The summed E-state index contributed by atoms with van der Waals surface area (Å²) in [5.41, 5.74) is 3.72. The first-order chi connectivity index (χ1) is 12.3. The van der Waals surface area contributed by atoms with Gasteiger partial charge in [0.15, 0.2) is 5.78 Å². The standard InChI is InChI=1S/C22H28N2O2/c1-15(2)19-11-9-18(10-12-19)14-24(5)16(3)22(26)23-21-8-6-7-20(13-21)17(4)25/h6-13,15-16H,14H2,1-5H3,(H,23,26)/t16-/m0/s1. The van der Waals surface area contributed by atoms with Crippen LogP contribution >= 0.6 is 0 Å². The van der Waals surface area contributed by atoms with Crippen molar-refractivity contribution in [3.8, 4) is 0 Å². The third-order valence-electron chi connectivity index (χ3n) is 4.66. The monoisotopic (exact) mass is 352 g/mol. The lowest BCUT2D eigenvalue weighted by molar-refractivity contribution is -0.120. The Bertz CT molecular complexity index is 766. The predicted octanol–water partition coefficient (Wildman–Crippen LogP) is 4.47. The van der Waals surface area contributed by atoms with Crippen molar-refractivity contribution in [2.45, 2.75) is 46.2 Å². The smallest absolute Gasteiger partial charge is 0.241 e. The molecule has 2 aromatic rings. The fourth-order valence-corrected chi connectivity index (χ4v) is 2.70. The molecule has 0 aromatic heterocycles. The summed E-state index contributed by atoms with van der Waals surface area (Å²) in [7, 11) is 1.94. The molecule has 2 rings (SSSR count). The van der Waals surface area contributed by atoms with Crippen LogP contribution in [0.1, 0.15) is 55.1 Å². The number of nitrogens with one attached hydrogen (secondary N) is 1. The van der Waals surface area contributed by atoms with E-state index in [1.165, 1.54) is 18.1 Å². The fourth-order valence-electron chi connectivity index (χ4n) is 2.70. The summed E-state index contributed by atoms with van der Waals surface area (Å²) in [5.74, 6) is 0.403. The summed E-state index contributed by atoms with van der Waals surface area (Å²) in [6, 6.07) is 15.3. The molecule has 0 heterocycles. The maximum atomic E-state index is 12.5. The van der Waals surface area contributed by atoms with Gasteiger partial charge in [-0.3, -0.25) is 14.5 Å². The number of benzene rings is 2. The minimum absolute atomic E-state index is 0.0175. The normalized spacial score (nSPS) is 12.3. The summed E-state index contributed by atoms with van der Waals surface area (Å²) >= 11 is 0. The molecule has 138 valence electrons. The van der Waals surface area contributed by atoms with Gasteiger partial charge in [0.05, 0.1) is 6.04 Å². The molecular weight excluding hydrogens is 324 g/mol. The van der Waals surface area contributed by atoms with Crippen molar-refractivity contribution in [1.82, 2.24) is 4.90 Å². The Morgan fingerprint density at radius 3 is 2.27 bits per heavy atom. The zero-order chi connectivity index (χ0) is 19.3. The first-order valence-corrected chi connectivity index (χ1v) is 8.99. The highest BCUT2D eigenvalue weighted by molar-refractivity contribution is 5.98. The lowest BCUT2D eigenvalue weighted by Crippen LogP contribution is -2.39. The molecule has 2 aromatic carbocycles. The highest BCUT2D eigenvalue weighted by Crippen LogP contribution is 2.17. The van der Waals surface area contributed by atoms with Crippen molar-refractivity contribution in [1.29, 1.82) is 0 Å². The maximum Gasteiger partial charge on any atom is 0.241 e. The van der Waals surface area contributed by atoms with Gasteiger partial charge in [0.25, 0.3) is 0 Å². The number of carbonyl (C=O) groups is 2. The van der Waals surface area contributed by atoms with Crippen molar-refractivity contribution < 1.29 is 9.59 Å². The van der Waals surface area contributed by atoms with E-state index < -0.39 is 0 Å². The van der Waals surface area contributed by atoms with Gasteiger partial charge in [-0.15, -0.1) is 0 Å². The minimum atomic E-state index is -0.291. The van der Waals surface area contributed by atoms with E-state index in [2.05, 4.69) is 43.4 Å². The number of carbonyl (C=O) groups excluding carboxylic acids is 2. The molecule has 0 saturated carbocycles. The van der Waals surface area contributed by atoms with E-state index in [1.54, 1.807) is 24.3 Å². The largest absolute Gasteiger partial charge is 0.325 e. The van der Waals surface area contributed by atoms with Gasteiger partial charge in [0.2, 0.25) is 5.91 Å². The third kappa shape index (κ3) is 5.27. The lowest BCUT2D eigenvalue weighted by Gasteiger charge is -2.24. The summed E-state index contributed by atoms with van der Waals surface area (Å²) in [4.78, 5) is 26.0. The fraction of sp³-hybridized carbons (Fsp3) is 0.364. The molecule has 0 spiro atoms.